The molecule has 1 amide bonds. The molecular formula is C18H21N3O2. The van der Waals surface area contributed by atoms with Crippen molar-refractivity contribution in [1.82, 2.24) is 4.98 Å². The number of ether oxygens (including phenoxy) is 1. The average molecular weight is 311 g/mol. The third-order valence-electron chi connectivity index (χ3n) is 3.95. The number of hydrogen-bond acceptors (Lipinski definition) is 4. The maximum Gasteiger partial charge on any atom is 0.257 e. The quantitative estimate of drug-likeness (QED) is 0.890. The molecule has 1 aliphatic rings. The van der Waals surface area contributed by atoms with Crippen molar-refractivity contribution < 1.29 is 9.53 Å². The molecule has 0 aliphatic carbocycles. The van der Waals surface area contributed by atoms with Crippen molar-refractivity contribution in [2.24, 2.45) is 0 Å². The molecule has 1 fully saturated rings. The number of nitrogens with one attached hydrogen (secondary N) is 2. The van der Waals surface area contributed by atoms with Crippen LogP contribution in [0.25, 0.3) is 0 Å². The Kier molecular flexibility index (Phi) is 4.88. The third kappa shape index (κ3) is 4.07. The molecule has 1 aromatic carbocycles. The van der Waals surface area contributed by atoms with E-state index >= 15 is 0 Å². The number of hydrogen-bond donors (Lipinski definition) is 2. The maximum absolute atomic E-state index is 12.4. The van der Waals surface area contributed by atoms with Crippen LogP contribution in [0, 0.1) is 6.92 Å². The van der Waals surface area contributed by atoms with Crippen molar-refractivity contribution >= 4 is 17.3 Å². The van der Waals surface area contributed by atoms with E-state index in [1.807, 2.05) is 37.3 Å². The molecule has 0 bridgehead atoms. The van der Waals surface area contributed by atoms with Crippen molar-refractivity contribution in [3.8, 4) is 0 Å². The maximum atomic E-state index is 12.4. The number of amides is 1. The highest BCUT2D eigenvalue weighted by molar-refractivity contribution is 6.04. The Morgan fingerprint density at radius 2 is 2.22 bits per heavy atom. The van der Waals surface area contributed by atoms with E-state index in [9.17, 15) is 4.79 Å². The first-order valence-electron chi connectivity index (χ1n) is 7.90. The highest BCUT2D eigenvalue weighted by Gasteiger charge is 2.15. The van der Waals surface area contributed by atoms with Crippen LogP contribution >= 0.6 is 0 Å². The third-order valence-corrected chi connectivity index (χ3v) is 3.95. The van der Waals surface area contributed by atoms with E-state index in [-0.39, 0.29) is 12.0 Å². The number of aryl methyl sites for hydroxylation is 1. The standard InChI is InChI=1S/C18H21N3O2/c1-13-5-2-3-7-17(13)21-18(22)14-9-15(11-19-10-14)20-12-16-6-4-8-23-16/h2-3,5,7,9-11,16,20H,4,6,8,12H2,1H3,(H,21,22). The highest BCUT2D eigenvalue weighted by Crippen LogP contribution is 2.17. The minimum atomic E-state index is -0.160. The van der Waals surface area contributed by atoms with E-state index in [2.05, 4.69) is 15.6 Å². The predicted molar refractivity (Wildman–Crippen MR) is 90.8 cm³/mol. The van der Waals surface area contributed by atoms with Gasteiger partial charge in [-0.3, -0.25) is 9.78 Å². The Balaban J connectivity index is 1.64. The summed E-state index contributed by atoms with van der Waals surface area (Å²) in [5.41, 5.74) is 3.21. The molecule has 0 saturated carbocycles. The Morgan fingerprint density at radius 1 is 1.35 bits per heavy atom. The summed E-state index contributed by atoms with van der Waals surface area (Å²) in [6.07, 6.45) is 5.74. The van der Waals surface area contributed by atoms with Gasteiger partial charge < -0.3 is 15.4 Å². The van der Waals surface area contributed by atoms with Gasteiger partial charge in [-0.05, 0) is 37.5 Å². The van der Waals surface area contributed by atoms with Gasteiger partial charge >= 0.3 is 0 Å². The summed E-state index contributed by atoms with van der Waals surface area (Å²) in [6.45, 7) is 3.54. The zero-order chi connectivity index (χ0) is 16.1. The number of carbonyl (C=O) groups is 1. The average Bonchev–Trinajstić information content (AvgIpc) is 3.09. The van der Waals surface area contributed by atoms with Crippen LogP contribution in [-0.2, 0) is 4.74 Å². The number of carbonyl (C=O) groups excluding carboxylic acids is 1. The molecule has 1 atom stereocenters. The van der Waals surface area contributed by atoms with Crippen molar-refractivity contribution in [2.45, 2.75) is 25.9 Å². The van der Waals surface area contributed by atoms with Gasteiger partial charge in [-0.15, -0.1) is 0 Å². The molecule has 1 saturated heterocycles. The number of aromatic nitrogens is 1. The fourth-order valence-corrected chi connectivity index (χ4v) is 2.61. The second-order valence-electron chi connectivity index (χ2n) is 5.75. The second-order valence-corrected chi connectivity index (χ2v) is 5.75. The second kappa shape index (κ2) is 7.24. The molecule has 5 nitrogen and oxygen atoms in total. The smallest absolute Gasteiger partial charge is 0.257 e. The van der Waals surface area contributed by atoms with Crippen LogP contribution in [-0.4, -0.2) is 30.1 Å². The predicted octanol–water partition coefficient (Wildman–Crippen LogP) is 3.23. The minimum absolute atomic E-state index is 0.160. The van der Waals surface area contributed by atoms with Crippen LogP contribution in [0.15, 0.2) is 42.7 Å². The van der Waals surface area contributed by atoms with Gasteiger partial charge in [0.25, 0.3) is 5.91 Å². The Labute approximate surface area is 136 Å². The summed E-state index contributed by atoms with van der Waals surface area (Å²) in [4.78, 5) is 16.5. The van der Waals surface area contributed by atoms with E-state index in [0.717, 1.165) is 42.9 Å². The van der Waals surface area contributed by atoms with Gasteiger partial charge in [0.2, 0.25) is 0 Å². The van der Waals surface area contributed by atoms with Gasteiger partial charge in [0, 0.05) is 31.2 Å². The molecule has 2 N–H and O–H groups in total. The number of pyridine rings is 1. The van der Waals surface area contributed by atoms with Crippen LogP contribution < -0.4 is 10.6 Å². The van der Waals surface area contributed by atoms with Crippen LogP contribution in [0.2, 0.25) is 0 Å². The van der Waals surface area contributed by atoms with Crippen molar-refractivity contribution in [3.63, 3.8) is 0 Å². The van der Waals surface area contributed by atoms with E-state index < -0.39 is 0 Å². The van der Waals surface area contributed by atoms with Gasteiger partial charge in [0.15, 0.2) is 0 Å². The van der Waals surface area contributed by atoms with Gasteiger partial charge in [-0.2, -0.15) is 0 Å². The molecule has 3 rings (SSSR count). The number of anilines is 2. The Bertz CT molecular complexity index is 681. The molecule has 1 aromatic heterocycles. The van der Waals surface area contributed by atoms with Crippen LogP contribution in [0.5, 0.6) is 0 Å². The lowest BCUT2D eigenvalue weighted by Crippen LogP contribution is -2.19. The van der Waals surface area contributed by atoms with Gasteiger partial charge in [0.1, 0.15) is 0 Å². The van der Waals surface area contributed by atoms with Crippen molar-refractivity contribution in [3.05, 3.63) is 53.9 Å². The first kappa shape index (κ1) is 15.5. The summed E-state index contributed by atoms with van der Waals surface area (Å²) < 4.78 is 5.58. The number of rotatable bonds is 5. The largest absolute Gasteiger partial charge is 0.381 e. The zero-order valence-electron chi connectivity index (χ0n) is 13.2. The molecule has 1 aliphatic heterocycles. The van der Waals surface area contributed by atoms with Crippen LogP contribution in [0.3, 0.4) is 0 Å². The fraction of sp³-hybridized carbons (Fsp3) is 0.333. The van der Waals surface area contributed by atoms with E-state index in [1.54, 1.807) is 12.4 Å². The number of nitrogens with zero attached hydrogens (tertiary/aromatic N) is 1. The van der Waals surface area contributed by atoms with Crippen molar-refractivity contribution in [2.75, 3.05) is 23.8 Å². The first-order valence-corrected chi connectivity index (χ1v) is 7.90. The molecule has 0 radical (unpaired) electrons. The molecule has 1 unspecified atom stereocenters. The SMILES string of the molecule is Cc1ccccc1NC(=O)c1cncc(NCC2CCCO2)c1. The minimum Gasteiger partial charge on any atom is -0.381 e. The summed E-state index contributed by atoms with van der Waals surface area (Å²) in [7, 11) is 0. The number of para-hydroxylation sites is 1. The lowest BCUT2D eigenvalue weighted by Gasteiger charge is -2.12. The lowest BCUT2D eigenvalue weighted by molar-refractivity contribution is 0.102. The number of benzene rings is 1. The lowest BCUT2D eigenvalue weighted by atomic mass is 10.2. The summed E-state index contributed by atoms with van der Waals surface area (Å²) in [5.74, 6) is -0.160. The Hall–Kier alpha value is -2.40. The molecular weight excluding hydrogens is 290 g/mol. The summed E-state index contributed by atoms with van der Waals surface area (Å²) in [5, 5.41) is 6.21. The monoisotopic (exact) mass is 311 g/mol. The molecule has 5 heteroatoms. The topological polar surface area (TPSA) is 63.2 Å². The van der Waals surface area contributed by atoms with E-state index in [0.29, 0.717) is 5.56 Å². The normalized spacial score (nSPS) is 17.0. The zero-order valence-corrected chi connectivity index (χ0v) is 13.2. The van der Waals surface area contributed by atoms with E-state index in [1.165, 1.54) is 0 Å². The van der Waals surface area contributed by atoms with Gasteiger partial charge in [0.05, 0.1) is 17.4 Å². The molecule has 2 aromatic rings. The summed E-state index contributed by atoms with van der Waals surface area (Å²) >= 11 is 0. The Morgan fingerprint density at radius 3 is 3.00 bits per heavy atom. The van der Waals surface area contributed by atoms with Crippen LogP contribution in [0.4, 0.5) is 11.4 Å². The molecule has 0 spiro atoms. The summed E-state index contributed by atoms with van der Waals surface area (Å²) in [6, 6.07) is 9.52. The van der Waals surface area contributed by atoms with Gasteiger partial charge in [-0.25, -0.2) is 0 Å². The van der Waals surface area contributed by atoms with Gasteiger partial charge in [-0.1, -0.05) is 18.2 Å². The first-order chi connectivity index (χ1) is 11.2. The van der Waals surface area contributed by atoms with Crippen LogP contribution in [0.1, 0.15) is 28.8 Å². The molecule has 23 heavy (non-hydrogen) atoms. The molecule has 2 heterocycles. The molecule has 120 valence electrons. The van der Waals surface area contributed by atoms with E-state index in [4.69, 9.17) is 4.74 Å². The highest BCUT2D eigenvalue weighted by atomic mass is 16.5. The van der Waals surface area contributed by atoms with Crippen molar-refractivity contribution in [1.29, 1.82) is 0 Å². The fourth-order valence-electron chi connectivity index (χ4n) is 2.61.